The third-order valence-electron chi connectivity index (χ3n) is 1.18. The average Bonchev–Trinajstić information content (AvgIpc) is 2.03. The van der Waals surface area contributed by atoms with Crippen LogP contribution in [0.25, 0.3) is 0 Å². The highest BCUT2D eigenvalue weighted by Crippen LogP contribution is 2.03. The lowest BCUT2D eigenvalue weighted by atomic mass is 10.3. The minimum Gasteiger partial charge on any atom is -0.432 e. The van der Waals surface area contributed by atoms with Crippen LogP contribution < -0.4 is 0 Å². The highest BCUT2D eigenvalue weighted by atomic mass is 16.7. The molecule has 0 amide bonds. The largest absolute Gasteiger partial charge is 0.432 e. The Labute approximate surface area is 73.4 Å². The Hall–Kier alpha value is -0.830. The van der Waals surface area contributed by atoms with Gasteiger partial charge in [0.1, 0.15) is 0 Å². The number of carbonyl (C=O) groups excluding carboxylic acids is 1. The first kappa shape index (κ1) is 11.2. The number of carbonyl (C=O) groups is 1. The van der Waals surface area contributed by atoms with E-state index in [2.05, 4.69) is 13.5 Å². The Morgan fingerprint density at radius 1 is 1.58 bits per heavy atom. The molecule has 0 N–H and O–H groups in total. The fourth-order valence-electron chi connectivity index (χ4n) is 0.582. The second-order valence-corrected chi connectivity index (χ2v) is 2.36. The maximum absolute atomic E-state index is 11.0. The van der Waals surface area contributed by atoms with E-state index in [9.17, 15) is 4.79 Å². The van der Waals surface area contributed by atoms with Gasteiger partial charge in [0.15, 0.2) is 0 Å². The van der Waals surface area contributed by atoms with Crippen molar-refractivity contribution in [3.63, 3.8) is 0 Å². The van der Waals surface area contributed by atoms with Crippen LogP contribution in [0.15, 0.2) is 12.2 Å². The van der Waals surface area contributed by atoms with E-state index in [1.807, 2.05) is 6.92 Å². The SMILES string of the molecule is [CH2]CC(OCC)OC(=O)C(=C)C. The number of hydrogen-bond donors (Lipinski definition) is 0. The molecule has 0 bridgehead atoms. The van der Waals surface area contributed by atoms with Crippen molar-refractivity contribution in [2.24, 2.45) is 0 Å². The van der Waals surface area contributed by atoms with Crippen molar-refractivity contribution in [1.82, 2.24) is 0 Å². The summed E-state index contributed by atoms with van der Waals surface area (Å²) in [6.07, 6.45) is -0.133. The number of esters is 1. The highest BCUT2D eigenvalue weighted by Gasteiger charge is 2.11. The zero-order valence-corrected chi connectivity index (χ0v) is 7.63. The first-order valence-corrected chi connectivity index (χ1v) is 3.89. The molecule has 0 aliphatic rings. The van der Waals surface area contributed by atoms with E-state index < -0.39 is 12.3 Å². The summed E-state index contributed by atoms with van der Waals surface area (Å²) in [4.78, 5) is 11.0. The lowest BCUT2D eigenvalue weighted by molar-refractivity contribution is -0.172. The average molecular weight is 171 g/mol. The maximum Gasteiger partial charge on any atom is 0.335 e. The lowest BCUT2D eigenvalue weighted by Crippen LogP contribution is -2.20. The van der Waals surface area contributed by atoms with Gasteiger partial charge in [-0.15, -0.1) is 0 Å². The van der Waals surface area contributed by atoms with Crippen LogP contribution in [-0.4, -0.2) is 18.9 Å². The van der Waals surface area contributed by atoms with Crippen molar-refractivity contribution in [1.29, 1.82) is 0 Å². The lowest BCUT2D eigenvalue weighted by Gasteiger charge is -2.15. The van der Waals surface area contributed by atoms with Gasteiger partial charge in [0.2, 0.25) is 6.29 Å². The Bertz CT molecular complexity index is 163. The van der Waals surface area contributed by atoms with E-state index >= 15 is 0 Å². The molecule has 1 unspecified atom stereocenters. The summed E-state index contributed by atoms with van der Waals surface area (Å²) in [5.74, 6) is -0.433. The molecule has 3 nitrogen and oxygen atoms in total. The highest BCUT2D eigenvalue weighted by molar-refractivity contribution is 5.86. The van der Waals surface area contributed by atoms with Crippen molar-refractivity contribution < 1.29 is 14.3 Å². The van der Waals surface area contributed by atoms with Gasteiger partial charge < -0.3 is 9.47 Å². The molecule has 0 spiro atoms. The molecule has 0 heterocycles. The molecular formula is C9H15O3. The fraction of sp³-hybridized carbons (Fsp3) is 0.556. The number of rotatable bonds is 5. The molecule has 12 heavy (non-hydrogen) atoms. The van der Waals surface area contributed by atoms with Crippen LogP contribution in [0.3, 0.4) is 0 Å². The van der Waals surface area contributed by atoms with Crippen LogP contribution in [0, 0.1) is 6.92 Å². The van der Waals surface area contributed by atoms with E-state index in [0.717, 1.165) is 0 Å². The topological polar surface area (TPSA) is 35.5 Å². The molecule has 3 heteroatoms. The molecule has 69 valence electrons. The zero-order chi connectivity index (χ0) is 9.56. The second kappa shape index (κ2) is 5.77. The third kappa shape index (κ3) is 4.13. The van der Waals surface area contributed by atoms with Crippen LogP contribution in [0.4, 0.5) is 0 Å². The molecule has 0 fully saturated rings. The van der Waals surface area contributed by atoms with Crippen molar-refractivity contribution in [3.8, 4) is 0 Å². The van der Waals surface area contributed by atoms with E-state index in [-0.39, 0.29) is 0 Å². The van der Waals surface area contributed by atoms with E-state index in [4.69, 9.17) is 9.47 Å². The van der Waals surface area contributed by atoms with Crippen LogP contribution in [0.2, 0.25) is 0 Å². The van der Waals surface area contributed by atoms with E-state index in [1.54, 1.807) is 6.92 Å². The smallest absolute Gasteiger partial charge is 0.335 e. The Kier molecular flexibility index (Phi) is 5.37. The Morgan fingerprint density at radius 2 is 2.17 bits per heavy atom. The summed E-state index contributed by atoms with van der Waals surface area (Å²) in [7, 11) is 0. The predicted molar refractivity (Wildman–Crippen MR) is 46.3 cm³/mol. The molecular weight excluding hydrogens is 156 g/mol. The summed E-state index contributed by atoms with van der Waals surface area (Å²) in [6.45, 7) is 11.0. The van der Waals surface area contributed by atoms with Crippen molar-refractivity contribution in [3.05, 3.63) is 19.1 Å². The van der Waals surface area contributed by atoms with Gasteiger partial charge in [0.25, 0.3) is 0 Å². The number of ether oxygens (including phenoxy) is 2. The van der Waals surface area contributed by atoms with Gasteiger partial charge in [-0.25, -0.2) is 4.79 Å². The summed E-state index contributed by atoms with van der Waals surface area (Å²) in [6, 6.07) is 0. The van der Waals surface area contributed by atoms with E-state index in [1.165, 1.54) is 0 Å². The molecule has 0 aliphatic carbocycles. The molecule has 1 radical (unpaired) electrons. The normalized spacial score (nSPS) is 12.2. The molecule has 0 aromatic heterocycles. The quantitative estimate of drug-likeness (QED) is 0.359. The van der Waals surface area contributed by atoms with Gasteiger partial charge in [-0.3, -0.25) is 0 Å². The fourth-order valence-corrected chi connectivity index (χ4v) is 0.582. The molecule has 0 saturated carbocycles. The second-order valence-electron chi connectivity index (χ2n) is 2.36. The predicted octanol–water partition coefficient (Wildman–Crippen LogP) is 1.69. The van der Waals surface area contributed by atoms with Gasteiger partial charge in [-0.05, 0) is 20.8 Å². The van der Waals surface area contributed by atoms with Gasteiger partial charge in [-0.2, -0.15) is 0 Å². The Balaban J connectivity index is 3.85. The van der Waals surface area contributed by atoms with E-state index in [0.29, 0.717) is 18.6 Å². The molecule has 0 saturated heterocycles. The minimum absolute atomic E-state index is 0.369. The molecule has 1 atom stereocenters. The van der Waals surface area contributed by atoms with Crippen LogP contribution in [-0.2, 0) is 14.3 Å². The summed E-state index contributed by atoms with van der Waals surface area (Å²) in [5.41, 5.74) is 0.369. The maximum atomic E-state index is 11.0. The molecule has 0 aromatic carbocycles. The van der Waals surface area contributed by atoms with Crippen LogP contribution in [0.5, 0.6) is 0 Å². The third-order valence-corrected chi connectivity index (χ3v) is 1.18. The monoisotopic (exact) mass is 171 g/mol. The summed E-state index contributed by atoms with van der Waals surface area (Å²) in [5, 5.41) is 0. The van der Waals surface area contributed by atoms with Crippen molar-refractivity contribution in [2.45, 2.75) is 26.6 Å². The first-order chi connectivity index (χ1) is 5.61. The summed E-state index contributed by atoms with van der Waals surface area (Å²) >= 11 is 0. The number of hydrogen-bond acceptors (Lipinski definition) is 3. The molecule has 0 aliphatic heterocycles. The van der Waals surface area contributed by atoms with Crippen molar-refractivity contribution >= 4 is 5.97 Å². The standard InChI is InChI=1S/C9H15O3/c1-5-8(11-6-2)12-9(10)7(3)4/h8H,1,3,5-6H2,2,4H3. The first-order valence-electron chi connectivity index (χ1n) is 3.89. The van der Waals surface area contributed by atoms with Gasteiger partial charge in [-0.1, -0.05) is 6.58 Å². The van der Waals surface area contributed by atoms with Gasteiger partial charge in [0, 0.05) is 18.6 Å². The van der Waals surface area contributed by atoms with Crippen LogP contribution >= 0.6 is 0 Å². The minimum atomic E-state index is -0.542. The van der Waals surface area contributed by atoms with Crippen molar-refractivity contribution in [2.75, 3.05) is 6.61 Å². The molecule has 0 rings (SSSR count). The summed E-state index contributed by atoms with van der Waals surface area (Å²) < 4.78 is 9.94. The van der Waals surface area contributed by atoms with Crippen LogP contribution in [0.1, 0.15) is 20.3 Å². The Morgan fingerprint density at radius 3 is 2.50 bits per heavy atom. The van der Waals surface area contributed by atoms with Gasteiger partial charge >= 0.3 is 5.97 Å². The zero-order valence-electron chi connectivity index (χ0n) is 7.63. The molecule has 0 aromatic rings. The van der Waals surface area contributed by atoms with Gasteiger partial charge in [0.05, 0.1) is 0 Å².